The van der Waals surface area contributed by atoms with Crippen LogP contribution in [0.1, 0.15) is 53.2 Å². The average Bonchev–Trinajstić information content (AvgIpc) is 3.14. The van der Waals surface area contributed by atoms with E-state index in [1.54, 1.807) is 22.7 Å². The molecule has 1 amide bonds. The molecule has 0 unspecified atom stereocenters. The van der Waals surface area contributed by atoms with E-state index >= 15 is 0 Å². The molecule has 144 valence electrons. The minimum atomic E-state index is -0.452. The van der Waals surface area contributed by atoms with Gasteiger partial charge in [-0.25, -0.2) is 9.50 Å². The van der Waals surface area contributed by atoms with Crippen molar-refractivity contribution in [2.75, 3.05) is 18.5 Å². The highest BCUT2D eigenvalue weighted by molar-refractivity contribution is 6.09. The van der Waals surface area contributed by atoms with Crippen LogP contribution in [0.3, 0.4) is 0 Å². The van der Waals surface area contributed by atoms with E-state index in [-0.39, 0.29) is 17.4 Å². The molecule has 9 nitrogen and oxygen atoms in total. The number of Topliss-reactive ketones (excluding diaryl/α,β-unsaturated/α-hetero) is 1. The molecule has 0 aliphatic carbocycles. The number of aromatic nitrogens is 4. The van der Waals surface area contributed by atoms with E-state index in [1.165, 1.54) is 13.3 Å². The van der Waals surface area contributed by atoms with Crippen molar-refractivity contribution in [3.05, 3.63) is 41.5 Å². The second-order valence-electron chi connectivity index (χ2n) is 6.74. The van der Waals surface area contributed by atoms with E-state index < -0.39 is 5.91 Å². The summed E-state index contributed by atoms with van der Waals surface area (Å²) in [5.41, 5.74) is 1.68. The zero-order valence-corrected chi connectivity index (χ0v) is 15.7. The first-order chi connectivity index (χ1) is 13.4. The minimum absolute atomic E-state index is 0.112. The van der Waals surface area contributed by atoms with Gasteiger partial charge in [0.05, 0.1) is 11.4 Å². The number of nitrogens with one attached hydrogen (secondary N) is 1. The SMILES string of the molecule is CC(=O)c1cc2c(cc1NC(=O)c1cc(C(C)C)n3ncnc3n1)OCCO2. The lowest BCUT2D eigenvalue weighted by atomic mass is 10.1. The van der Waals surface area contributed by atoms with Crippen molar-refractivity contribution in [1.82, 2.24) is 19.6 Å². The number of hydrogen-bond acceptors (Lipinski definition) is 7. The number of nitrogens with zero attached hydrogens (tertiary/aromatic N) is 4. The molecule has 0 radical (unpaired) electrons. The standard InChI is InChI=1S/C19H19N5O4/c1-10(2)15-7-14(23-19-20-9-21-24(15)19)18(26)22-13-8-17-16(27-4-5-28-17)6-12(13)11(3)25/h6-10H,4-5H2,1-3H3,(H,22,26). The normalized spacial score (nSPS) is 13.0. The van der Waals surface area contributed by atoms with Crippen molar-refractivity contribution < 1.29 is 19.1 Å². The lowest BCUT2D eigenvalue weighted by molar-refractivity contribution is 0.101. The first-order valence-electron chi connectivity index (χ1n) is 8.90. The van der Waals surface area contributed by atoms with Crippen molar-refractivity contribution in [3.8, 4) is 11.5 Å². The molecule has 1 aliphatic rings. The summed E-state index contributed by atoms with van der Waals surface area (Å²) in [4.78, 5) is 33.3. The van der Waals surface area contributed by atoms with Crippen LogP contribution in [0.4, 0.5) is 5.69 Å². The molecular weight excluding hydrogens is 362 g/mol. The smallest absolute Gasteiger partial charge is 0.274 e. The van der Waals surface area contributed by atoms with Gasteiger partial charge in [-0.3, -0.25) is 9.59 Å². The molecular formula is C19H19N5O4. The molecule has 0 atom stereocenters. The second-order valence-corrected chi connectivity index (χ2v) is 6.74. The summed E-state index contributed by atoms with van der Waals surface area (Å²) < 4.78 is 12.7. The van der Waals surface area contributed by atoms with Gasteiger partial charge >= 0.3 is 0 Å². The number of ketones is 1. The van der Waals surface area contributed by atoms with Gasteiger partial charge in [-0.15, -0.1) is 0 Å². The summed E-state index contributed by atoms with van der Waals surface area (Å²) in [5.74, 6) is 0.767. The van der Waals surface area contributed by atoms with Crippen molar-refractivity contribution in [2.45, 2.75) is 26.7 Å². The van der Waals surface area contributed by atoms with Crippen LogP contribution in [0, 0.1) is 0 Å². The fourth-order valence-electron chi connectivity index (χ4n) is 3.03. The summed E-state index contributed by atoms with van der Waals surface area (Å²) in [7, 11) is 0. The summed E-state index contributed by atoms with van der Waals surface area (Å²) in [5, 5.41) is 6.91. The largest absolute Gasteiger partial charge is 0.486 e. The third-order valence-corrected chi connectivity index (χ3v) is 4.41. The molecule has 0 spiro atoms. The summed E-state index contributed by atoms with van der Waals surface area (Å²) in [6.45, 7) is 6.23. The van der Waals surface area contributed by atoms with Crippen LogP contribution >= 0.6 is 0 Å². The van der Waals surface area contributed by atoms with Gasteiger partial charge < -0.3 is 14.8 Å². The molecule has 0 bridgehead atoms. The number of hydrogen-bond donors (Lipinski definition) is 1. The number of carbonyl (C=O) groups excluding carboxylic acids is 2. The van der Waals surface area contributed by atoms with E-state index in [4.69, 9.17) is 9.47 Å². The topological polar surface area (TPSA) is 108 Å². The molecule has 0 saturated heterocycles. The number of fused-ring (bicyclic) bond motifs is 2. The van der Waals surface area contributed by atoms with Gasteiger partial charge in [-0.2, -0.15) is 10.1 Å². The van der Waals surface area contributed by atoms with Gasteiger partial charge in [0, 0.05) is 11.6 Å². The van der Waals surface area contributed by atoms with E-state index in [0.29, 0.717) is 41.7 Å². The molecule has 2 aromatic heterocycles. The summed E-state index contributed by atoms with van der Waals surface area (Å²) in [6.07, 6.45) is 1.39. The molecule has 0 fully saturated rings. The van der Waals surface area contributed by atoms with Gasteiger partial charge in [-0.05, 0) is 25.0 Å². The van der Waals surface area contributed by atoms with Crippen molar-refractivity contribution in [2.24, 2.45) is 0 Å². The van der Waals surface area contributed by atoms with Gasteiger partial charge in [0.2, 0.25) is 0 Å². The van der Waals surface area contributed by atoms with Crippen LogP contribution in [-0.2, 0) is 0 Å². The van der Waals surface area contributed by atoms with Crippen LogP contribution < -0.4 is 14.8 Å². The highest BCUT2D eigenvalue weighted by Crippen LogP contribution is 2.36. The number of benzene rings is 1. The molecule has 0 saturated carbocycles. The molecule has 4 rings (SSSR count). The molecule has 28 heavy (non-hydrogen) atoms. The van der Waals surface area contributed by atoms with Gasteiger partial charge in [-0.1, -0.05) is 13.8 Å². The Morgan fingerprint density at radius 3 is 2.54 bits per heavy atom. The lowest BCUT2D eigenvalue weighted by Crippen LogP contribution is -2.20. The van der Waals surface area contributed by atoms with E-state index in [0.717, 1.165) is 5.69 Å². The average molecular weight is 381 g/mol. The summed E-state index contributed by atoms with van der Waals surface area (Å²) >= 11 is 0. The Bertz CT molecular complexity index is 1090. The molecule has 1 aromatic carbocycles. The number of ether oxygens (including phenoxy) is 2. The predicted octanol–water partition coefficient (Wildman–Crippen LogP) is 2.47. The first-order valence-corrected chi connectivity index (χ1v) is 8.90. The van der Waals surface area contributed by atoms with E-state index in [2.05, 4.69) is 20.4 Å². The molecule has 1 aliphatic heterocycles. The molecule has 3 heterocycles. The van der Waals surface area contributed by atoms with Gasteiger partial charge in [0.15, 0.2) is 17.3 Å². The highest BCUT2D eigenvalue weighted by Gasteiger charge is 2.21. The number of rotatable bonds is 4. The molecule has 9 heteroatoms. The Morgan fingerprint density at radius 1 is 1.14 bits per heavy atom. The van der Waals surface area contributed by atoms with Crippen LogP contribution in [0.25, 0.3) is 5.78 Å². The minimum Gasteiger partial charge on any atom is -0.486 e. The lowest BCUT2D eigenvalue weighted by Gasteiger charge is -2.20. The first kappa shape index (κ1) is 17.9. The monoisotopic (exact) mass is 381 g/mol. The van der Waals surface area contributed by atoms with Crippen LogP contribution in [0.15, 0.2) is 24.5 Å². The third-order valence-electron chi connectivity index (χ3n) is 4.41. The molecule has 3 aromatic rings. The Kier molecular flexibility index (Phi) is 4.42. The van der Waals surface area contributed by atoms with Crippen molar-refractivity contribution in [3.63, 3.8) is 0 Å². The maximum Gasteiger partial charge on any atom is 0.274 e. The Labute approximate surface area is 160 Å². The Morgan fingerprint density at radius 2 is 1.86 bits per heavy atom. The van der Waals surface area contributed by atoms with Gasteiger partial charge in [0.1, 0.15) is 25.2 Å². The van der Waals surface area contributed by atoms with E-state index in [9.17, 15) is 9.59 Å². The fraction of sp³-hybridized carbons (Fsp3) is 0.316. The zero-order chi connectivity index (χ0) is 19.8. The predicted molar refractivity (Wildman–Crippen MR) is 100 cm³/mol. The highest BCUT2D eigenvalue weighted by atomic mass is 16.6. The number of carbonyl (C=O) groups is 2. The second kappa shape index (κ2) is 6.91. The third kappa shape index (κ3) is 3.15. The fourth-order valence-corrected chi connectivity index (χ4v) is 3.03. The van der Waals surface area contributed by atoms with Crippen molar-refractivity contribution >= 4 is 23.2 Å². The zero-order valence-electron chi connectivity index (χ0n) is 15.7. The van der Waals surface area contributed by atoms with Crippen molar-refractivity contribution in [1.29, 1.82) is 0 Å². The van der Waals surface area contributed by atoms with Gasteiger partial charge in [0.25, 0.3) is 11.7 Å². The van der Waals surface area contributed by atoms with Crippen LogP contribution in [0.5, 0.6) is 11.5 Å². The van der Waals surface area contributed by atoms with Crippen LogP contribution in [-0.4, -0.2) is 44.5 Å². The number of anilines is 1. The number of amides is 1. The Hall–Kier alpha value is -3.49. The Balaban J connectivity index is 1.72. The quantitative estimate of drug-likeness (QED) is 0.692. The maximum atomic E-state index is 12.9. The maximum absolute atomic E-state index is 12.9. The van der Waals surface area contributed by atoms with E-state index in [1.807, 2.05) is 13.8 Å². The van der Waals surface area contributed by atoms with Crippen LogP contribution in [0.2, 0.25) is 0 Å². The summed E-state index contributed by atoms with van der Waals surface area (Å²) in [6, 6.07) is 4.86. The molecule has 1 N–H and O–H groups in total.